The van der Waals surface area contributed by atoms with Crippen LogP contribution in [0.25, 0.3) is 26.7 Å². The second-order valence-corrected chi connectivity index (χ2v) is 5.24. The SMILES string of the molecule is [C-]#[N+]c1ccc2ccc(C(=O)OC)cc2c1-c1c(F)cc(F)cc1F. The van der Waals surface area contributed by atoms with Crippen molar-refractivity contribution in [2.24, 2.45) is 0 Å². The molecule has 0 heterocycles. The van der Waals surface area contributed by atoms with E-state index in [2.05, 4.69) is 9.58 Å². The van der Waals surface area contributed by atoms with Gasteiger partial charge in [0.15, 0.2) is 5.69 Å². The number of hydrogen-bond acceptors (Lipinski definition) is 2. The summed E-state index contributed by atoms with van der Waals surface area (Å²) in [5, 5.41) is 0.860. The molecular weight excluding hydrogens is 331 g/mol. The van der Waals surface area contributed by atoms with Crippen molar-refractivity contribution in [2.45, 2.75) is 0 Å². The van der Waals surface area contributed by atoms with Gasteiger partial charge in [-0.15, -0.1) is 0 Å². The van der Waals surface area contributed by atoms with Crippen LogP contribution in [0.2, 0.25) is 0 Å². The fourth-order valence-corrected chi connectivity index (χ4v) is 2.69. The van der Waals surface area contributed by atoms with Gasteiger partial charge in [0.05, 0.1) is 19.2 Å². The van der Waals surface area contributed by atoms with Gasteiger partial charge in [-0.25, -0.2) is 22.8 Å². The minimum absolute atomic E-state index is 0.0149. The van der Waals surface area contributed by atoms with Crippen LogP contribution in [0, 0.1) is 24.0 Å². The molecule has 0 aliphatic heterocycles. The van der Waals surface area contributed by atoms with Gasteiger partial charge < -0.3 is 4.74 Å². The van der Waals surface area contributed by atoms with Gasteiger partial charge in [0, 0.05) is 23.3 Å². The summed E-state index contributed by atoms with van der Waals surface area (Å²) in [4.78, 5) is 15.1. The Morgan fingerprint density at radius 3 is 2.24 bits per heavy atom. The smallest absolute Gasteiger partial charge is 0.337 e. The van der Waals surface area contributed by atoms with Crippen LogP contribution in [0.1, 0.15) is 10.4 Å². The van der Waals surface area contributed by atoms with Gasteiger partial charge in [-0.3, -0.25) is 0 Å². The zero-order valence-corrected chi connectivity index (χ0v) is 12.9. The molecule has 0 radical (unpaired) electrons. The summed E-state index contributed by atoms with van der Waals surface area (Å²) in [6.07, 6.45) is 0. The van der Waals surface area contributed by atoms with E-state index in [0.717, 1.165) is 0 Å². The van der Waals surface area contributed by atoms with Gasteiger partial charge in [0.1, 0.15) is 17.5 Å². The lowest BCUT2D eigenvalue weighted by Crippen LogP contribution is -2.01. The molecule has 6 heteroatoms. The predicted molar refractivity (Wildman–Crippen MR) is 86.9 cm³/mol. The van der Waals surface area contributed by atoms with Crippen molar-refractivity contribution in [1.82, 2.24) is 0 Å². The molecule has 0 fully saturated rings. The molecule has 124 valence electrons. The molecule has 0 aromatic heterocycles. The Bertz CT molecular complexity index is 1030. The summed E-state index contributed by atoms with van der Waals surface area (Å²) in [6.45, 7) is 7.28. The number of halogens is 3. The van der Waals surface area contributed by atoms with Gasteiger partial charge in [-0.1, -0.05) is 18.2 Å². The van der Waals surface area contributed by atoms with Crippen molar-refractivity contribution in [2.75, 3.05) is 7.11 Å². The topological polar surface area (TPSA) is 30.7 Å². The maximum absolute atomic E-state index is 14.3. The van der Waals surface area contributed by atoms with Crippen LogP contribution in [0.3, 0.4) is 0 Å². The molecule has 3 aromatic carbocycles. The number of ether oxygens (including phenoxy) is 1. The highest BCUT2D eigenvalue weighted by atomic mass is 19.1. The summed E-state index contributed by atoms with van der Waals surface area (Å²) in [7, 11) is 1.21. The molecule has 0 saturated heterocycles. The number of methoxy groups -OCH3 is 1. The second kappa shape index (κ2) is 6.29. The third-order valence-electron chi connectivity index (χ3n) is 3.80. The number of benzene rings is 3. The zero-order chi connectivity index (χ0) is 18.1. The molecule has 3 aromatic rings. The van der Waals surface area contributed by atoms with Gasteiger partial charge >= 0.3 is 5.97 Å². The molecular formula is C19H10F3NO2. The van der Waals surface area contributed by atoms with E-state index in [0.29, 0.717) is 22.9 Å². The predicted octanol–water partition coefficient (Wildman–Crippen LogP) is 5.26. The Morgan fingerprint density at radius 1 is 1.00 bits per heavy atom. The Kier molecular flexibility index (Phi) is 4.15. The number of esters is 1. The van der Waals surface area contributed by atoms with E-state index in [4.69, 9.17) is 6.57 Å². The van der Waals surface area contributed by atoms with E-state index < -0.39 is 29.0 Å². The van der Waals surface area contributed by atoms with E-state index >= 15 is 0 Å². The van der Waals surface area contributed by atoms with E-state index in [1.54, 1.807) is 12.1 Å². The first-order chi connectivity index (χ1) is 12.0. The molecule has 3 nitrogen and oxygen atoms in total. The number of carbonyl (C=O) groups excluding carboxylic acids is 1. The summed E-state index contributed by atoms with van der Waals surface area (Å²) < 4.78 is 46.5. The van der Waals surface area contributed by atoms with Crippen LogP contribution >= 0.6 is 0 Å². The minimum Gasteiger partial charge on any atom is -0.465 e. The molecule has 0 bridgehead atoms. The Hall–Kier alpha value is -3.33. The van der Waals surface area contributed by atoms with E-state index in [1.165, 1.54) is 25.3 Å². The number of hydrogen-bond donors (Lipinski definition) is 0. The van der Waals surface area contributed by atoms with Crippen molar-refractivity contribution in [3.8, 4) is 11.1 Å². The molecule has 0 spiro atoms. The average molecular weight is 341 g/mol. The first kappa shape index (κ1) is 16.5. The van der Waals surface area contributed by atoms with Crippen LogP contribution in [0.4, 0.5) is 18.9 Å². The van der Waals surface area contributed by atoms with Crippen LogP contribution in [-0.4, -0.2) is 13.1 Å². The average Bonchev–Trinajstić information content (AvgIpc) is 2.59. The van der Waals surface area contributed by atoms with Crippen LogP contribution in [0.15, 0.2) is 42.5 Å². The first-order valence-corrected chi connectivity index (χ1v) is 7.13. The molecule has 0 aliphatic carbocycles. The number of carbonyl (C=O) groups is 1. The molecule has 0 unspecified atom stereocenters. The van der Waals surface area contributed by atoms with Crippen LogP contribution < -0.4 is 0 Å². The molecule has 0 atom stereocenters. The zero-order valence-electron chi connectivity index (χ0n) is 12.9. The number of nitrogens with zero attached hydrogens (tertiary/aromatic N) is 1. The molecule has 25 heavy (non-hydrogen) atoms. The summed E-state index contributed by atoms with van der Waals surface area (Å²) in [6, 6.07) is 8.61. The lowest BCUT2D eigenvalue weighted by atomic mass is 9.94. The normalized spacial score (nSPS) is 10.5. The summed E-state index contributed by atoms with van der Waals surface area (Å²) in [5.41, 5.74) is -0.395. The minimum atomic E-state index is -1.13. The number of rotatable bonds is 2. The summed E-state index contributed by atoms with van der Waals surface area (Å²) in [5.74, 6) is -3.93. The van der Waals surface area contributed by atoms with Gasteiger partial charge in [-0.05, 0) is 22.9 Å². The first-order valence-electron chi connectivity index (χ1n) is 7.13. The van der Waals surface area contributed by atoms with Crippen molar-refractivity contribution >= 4 is 22.4 Å². The molecule has 0 amide bonds. The quantitative estimate of drug-likeness (QED) is 0.470. The van der Waals surface area contributed by atoms with Gasteiger partial charge in [0.25, 0.3) is 0 Å². The lowest BCUT2D eigenvalue weighted by molar-refractivity contribution is 0.0601. The van der Waals surface area contributed by atoms with Crippen molar-refractivity contribution < 1.29 is 22.7 Å². The highest BCUT2D eigenvalue weighted by molar-refractivity contribution is 6.06. The third kappa shape index (κ3) is 2.81. The van der Waals surface area contributed by atoms with E-state index in [1.807, 2.05) is 0 Å². The highest BCUT2D eigenvalue weighted by Gasteiger charge is 2.20. The van der Waals surface area contributed by atoms with Crippen molar-refractivity contribution in [3.05, 3.63) is 76.9 Å². The lowest BCUT2D eigenvalue weighted by Gasteiger charge is -2.13. The molecule has 0 aliphatic rings. The standard InChI is InChI=1S/C19H10F3NO2/c1-23-16-6-5-10-3-4-11(19(24)25-2)7-13(10)17(16)18-14(21)8-12(20)9-15(18)22/h3-9H,2H3. The van der Waals surface area contributed by atoms with E-state index in [9.17, 15) is 18.0 Å². The maximum Gasteiger partial charge on any atom is 0.337 e. The highest BCUT2D eigenvalue weighted by Crippen LogP contribution is 2.40. The Labute approximate surface area is 141 Å². The van der Waals surface area contributed by atoms with E-state index in [-0.39, 0.29) is 16.8 Å². The fourth-order valence-electron chi connectivity index (χ4n) is 2.69. The van der Waals surface area contributed by atoms with Crippen molar-refractivity contribution in [1.29, 1.82) is 0 Å². The Morgan fingerprint density at radius 2 is 1.64 bits per heavy atom. The largest absolute Gasteiger partial charge is 0.465 e. The van der Waals surface area contributed by atoms with Crippen LogP contribution in [0.5, 0.6) is 0 Å². The second-order valence-electron chi connectivity index (χ2n) is 5.24. The molecule has 3 rings (SSSR count). The number of fused-ring (bicyclic) bond motifs is 1. The van der Waals surface area contributed by atoms with Crippen LogP contribution in [-0.2, 0) is 4.74 Å². The molecule has 0 saturated carbocycles. The van der Waals surface area contributed by atoms with Crippen molar-refractivity contribution in [3.63, 3.8) is 0 Å². The monoisotopic (exact) mass is 341 g/mol. The summed E-state index contributed by atoms with van der Waals surface area (Å²) >= 11 is 0. The Balaban J connectivity index is 2.44. The molecule has 0 N–H and O–H groups in total. The van der Waals surface area contributed by atoms with Gasteiger partial charge in [0.2, 0.25) is 0 Å². The maximum atomic E-state index is 14.3. The third-order valence-corrected chi connectivity index (χ3v) is 3.80. The van der Waals surface area contributed by atoms with Gasteiger partial charge in [-0.2, -0.15) is 0 Å². The fraction of sp³-hybridized carbons (Fsp3) is 0.0526.